The molecule has 0 aromatic carbocycles. The number of aryl methyl sites for hydroxylation is 1. The number of nitrogens with one attached hydrogen (secondary N) is 2. The Balaban J connectivity index is 1.62. The first-order valence-corrected chi connectivity index (χ1v) is 8.46. The van der Waals surface area contributed by atoms with Gasteiger partial charge in [0.2, 0.25) is 5.91 Å². The molecule has 3 heterocycles. The highest BCUT2D eigenvalue weighted by Crippen LogP contribution is 2.22. The molecule has 9 nitrogen and oxygen atoms in total. The molecule has 2 unspecified atom stereocenters. The molecule has 136 valence electrons. The quantitative estimate of drug-likeness (QED) is 0.845. The van der Waals surface area contributed by atoms with Crippen LogP contribution in [0.3, 0.4) is 0 Å². The first-order valence-electron chi connectivity index (χ1n) is 8.46. The number of aromatic nitrogens is 4. The summed E-state index contributed by atoms with van der Waals surface area (Å²) in [6.45, 7) is 9.50. The molecule has 1 fully saturated rings. The third-order valence-electron chi connectivity index (χ3n) is 4.25. The Bertz CT molecular complexity index is 725. The number of nitrogens with zero attached hydrogens (tertiary/aromatic N) is 4. The van der Waals surface area contributed by atoms with Gasteiger partial charge in [0.25, 0.3) is 0 Å². The van der Waals surface area contributed by atoms with Crippen LogP contribution in [-0.4, -0.2) is 56.9 Å². The van der Waals surface area contributed by atoms with E-state index in [0.29, 0.717) is 37.1 Å². The molecule has 2 aromatic rings. The van der Waals surface area contributed by atoms with E-state index in [4.69, 9.17) is 9.26 Å². The monoisotopic (exact) mass is 348 g/mol. The first-order chi connectivity index (χ1) is 11.9. The molecule has 1 amide bonds. The Morgan fingerprint density at radius 3 is 2.88 bits per heavy atom. The minimum absolute atomic E-state index is 0.130. The van der Waals surface area contributed by atoms with Crippen LogP contribution >= 0.6 is 0 Å². The lowest BCUT2D eigenvalue weighted by Crippen LogP contribution is -2.48. The second-order valence-corrected chi connectivity index (χ2v) is 6.58. The average molecular weight is 348 g/mol. The Morgan fingerprint density at radius 1 is 1.44 bits per heavy atom. The molecule has 0 aliphatic carbocycles. The Kier molecular flexibility index (Phi) is 5.14. The summed E-state index contributed by atoms with van der Waals surface area (Å²) in [4.78, 5) is 19.0. The second kappa shape index (κ2) is 7.32. The van der Waals surface area contributed by atoms with Crippen molar-refractivity contribution in [3.8, 4) is 0 Å². The average Bonchev–Trinajstić information content (AvgIpc) is 3.23. The molecule has 1 saturated heterocycles. The largest absolute Gasteiger partial charge is 0.368 e. The number of aromatic amines is 1. The number of hydrogen-bond acceptors (Lipinski definition) is 7. The topological polar surface area (TPSA) is 109 Å². The van der Waals surface area contributed by atoms with E-state index in [1.807, 2.05) is 20.8 Å². The maximum atomic E-state index is 12.4. The first kappa shape index (κ1) is 17.6. The van der Waals surface area contributed by atoms with Gasteiger partial charge in [-0.1, -0.05) is 19.0 Å². The van der Waals surface area contributed by atoms with Crippen molar-refractivity contribution in [2.24, 2.45) is 0 Å². The Labute approximate surface area is 146 Å². The fourth-order valence-corrected chi connectivity index (χ4v) is 2.70. The van der Waals surface area contributed by atoms with Crippen LogP contribution in [0, 0.1) is 6.92 Å². The van der Waals surface area contributed by atoms with Crippen molar-refractivity contribution in [3.05, 3.63) is 23.5 Å². The number of amides is 1. The molecule has 25 heavy (non-hydrogen) atoms. The van der Waals surface area contributed by atoms with Gasteiger partial charge < -0.3 is 14.6 Å². The number of ether oxygens (including phenoxy) is 1. The number of morpholine rings is 1. The molecule has 2 atom stereocenters. The molecule has 3 rings (SSSR count). The summed E-state index contributed by atoms with van der Waals surface area (Å²) < 4.78 is 10.8. The van der Waals surface area contributed by atoms with E-state index in [1.54, 1.807) is 13.0 Å². The molecule has 1 aliphatic rings. The molecular formula is C16H24N6O3. The summed E-state index contributed by atoms with van der Waals surface area (Å²) in [6, 6.07) is 1.37. The predicted molar refractivity (Wildman–Crippen MR) is 90.1 cm³/mol. The van der Waals surface area contributed by atoms with Gasteiger partial charge in [0.05, 0.1) is 12.6 Å². The standard InChI is InChI=1S/C16H24N6O3/c1-9(2)14-18-15(20-19-14)12-8-22(5-6-24-12)11(4)16(23)17-13-7-10(3)25-21-13/h7,9,11-12H,5-6,8H2,1-4H3,(H,17,21,23)(H,18,19,20). The van der Waals surface area contributed by atoms with Gasteiger partial charge in [-0.05, 0) is 13.8 Å². The van der Waals surface area contributed by atoms with Crippen LogP contribution in [0.4, 0.5) is 5.82 Å². The summed E-state index contributed by atoms with van der Waals surface area (Å²) in [7, 11) is 0. The third kappa shape index (κ3) is 4.05. The second-order valence-electron chi connectivity index (χ2n) is 6.58. The van der Waals surface area contributed by atoms with Gasteiger partial charge in [0.1, 0.15) is 11.9 Å². The van der Waals surface area contributed by atoms with Gasteiger partial charge in [-0.2, -0.15) is 5.10 Å². The van der Waals surface area contributed by atoms with E-state index in [0.717, 1.165) is 5.82 Å². The van der Waals surface area contributed by atoms with E-state index in [2.05, 4.69) is 30.6 Å². The van der Waals surface area contributed by atoms with E-state index in [9.17, 15) is 4.79 Å². The van der Waals surface area contributed by atoms with Crippen molar-refractivity contribution in [3.63, 3.8) is 0 Å². The number of rotatable bonds is 5. The number of H-pyrrole nitrogens is 1. The summed E-state index contributed by atoms with van der Waals surface area (Å²) in [5, 5.41) is 13.7. The van der Waals surface area contributed by atoms with Gasteiger partial charge in [0.15, 0.2) is 17.5 Å². The minimum atomic E-state index is -0.323. The van der Waals surface area contributed by atoms with Crippen molar-refractivity contribution < 1.29 is 14.1 Å². The fourth-order valence-electron chi connectivity index (χ4n) is 2.70. The maximum absolute atomic E-state index is 12.4. The van der Waals surface area contributed by atoms with Crippen LogP contribution in [-0.2, 0) is 9.53 Å². The Hall–Kier alpha value is -2.26. The van der Waals surface area contributed by atoms with Gasteiger partial charge in [-0.15, -0.1) is 0 Å². The summed E-state index contributed by atoms with van der Waals surface area (Å²) in [5.74, 6) is 2.67. The zero-order valence-electron chi connectivity index (χ0n) is 14.9. The van der Waals surface area contributed by atoms with Crippen molar-refractivity contribution in [2.45, 2.75) is 45.8 Å². The van der Waals surface area contributed by atoms with Crippen LogP contribution in [0.1, 0.15) is 50.2 Å². The zero-order chi connectivity index (χ0) is 18.0. The lowest BCUT2D eigenvalue weighted by molar-refractivity contribution is -0.124. The molecule has 9 heteroatoms. The molecule has 1 aliphatic heterocycles. The molecule has 2 N–H and O–H groups in total. The Morgan fingerprint density at radius 2 is 2.24 bits per heavy atom. The highest BCUT2D eigenvalue weighted by Gasteiger charge is 2.30. The van der Waals surface area contributed by atoms with E-state index < -0.39 is 0 Å². The van der Waals surface area contributed by atoms with Crippen molar-refractivity contribution in [1.29, 1.82) is 0 Å². The summed E-state index contributed by atoms with van der Waals surface area (Å²) in [6.07, 6.45) is -0.224. The van der Waals surface area contributed by atoms with E-state index in [-0.39, 0.29) is 24.0 Å². The number of carbonyl (C=O) groups is 1. The third-order valence-corrected chi connectivity index (χ3v) is 4.25. The minimum Gasteiger partial charge on any atom is -0.368 e. The van der Waals surface area contributed by atoms with Gasteiger partial charge >= 0.3 is 0 Å². The zero-order valence-corrected chi connectivity index (χ0v) is 14.9. The van der Waals surface area contributed by atoms with Crippen LogP contribution in [0.2, 0.25) is 0 Å². The van der Waals surface area contributed by atoms with Gasteiger partial charge in [-0.25, -0.2) is 4.98 Å². The number of hydrogen-bond donors (Lipinski definition) is 2. The molecule has 0 radical (unpaired) electrons. The highest BCUT2D eigenvalue weighted by atomic mass is 16.5. The van der Waals surface area contributed by atoms with Crippen molar-refractivity contribution >= 4 is 11.7 Å². The maximum Gasteiger partial charge on any atom is 0.242 e. The summed E-state index contributed by atoms with van der Waals surface area (Å²) >= 11 is 0. The van der Waals surface area contributed by atoms with Crippen molar-refractivity contribution in [2.75, 3.05) is 25.0 Å². The predicted octanol–water partition coefficient (Wildman–Crippen LogP) is 1.63. The number of carbonyl (C=O) groups excluding carboxylic acids is 1. The smallest absolute Gasteiger partial charge is 0.242 e. The normalized spacial score (nSPS) is 20.0. The molecule has 0 spiro atoms. The van der Waals surface area contributed by atoms with Crippen LogP contribution in [0.25, 0.3) is 0 Å². The van der Waals surface area contributed by atoms with Crippen LogP contribution in [0.15, 0.2) is 10.6 Å². The van der Waals surface area contributed by atoms with Crippen LogP contribution < -0.4 is 5.32 Å². The van der Waals surface area contributed by atoms with Gasteiger partial charge in [0, 0.05) is 25.1 Å². The van der Waals surface area contributed by atoms with Crippen molar-refractivity contribution in [1.82, 2.24) is 25.2 Å². The summed E-state index contributed by atoms with van der Waals surface area (Å²) in [5.41, 5.74) is 0. The molecule has 0 saturated carbocycles. The number of anilines is 1. The van der Waals surface area contributed by atoms with Crippen LogP contribution in [0.5, 0.6) is 0 Å². The SMILES string of the molecule is Cc1cc(NC(=O)C(C)N2CCOC(c3nc(C(C)C)n[nH]3)C2)no1. The lowest BCUT2D eigenvalue weighted by Gasteiger charge is -2.35. The van der Waals surface area contributed by atoms with E-state index >= 15 is 0 Å². The molecule has 0 bridgehead atoms. The lowest BCUT2D eigenvalue weighted by atomic mass is 10.2. The fraction of sp³-hybridized carbons (Fsp3) is 0.625. The van der Waals surface area contributed by atoms with Gasteiger partial charge in [-0.3, -0.25) is 14.8 Å². The highest BCUT2D eigenvalue weighted by molar-refractivity contribution is 5.93. The van der Waals surface area contributed by atoms with E-state index in [1.165, 1.54) is 0 Å². The molecular weight excluding hydrogens is 324 g/mol. The molecule has 2 aromatic heterocycles.